The summed E-state index contributed by atoms with van der Waals surface area (Å²) >= 11 is 9.30. The van der Waals surface area contributed by atoms with Crippen molar-refractivity contribution in [3.8, 4) is 0 Å². The molecule has 5 heteroatoms. The zero-order valence-corrected chi connectivity index (χ0v) is 11.3. The number of hydrogen-bond acceptors (Lipinski definition) is 3. The largest absolute Gasteiger partial charge is 0.278 e. The van der Waals surface area contributed by atoms with E-state index in [0.29, 0.717) is 5.02 Å². The third-order valence-corrected chi connectivity index (χ3v) is 4.94. The first kappa shape index (κ1) is 11.1. The lowest BCUT2D eigenvalue weighted by atomic mass is 10.2. The molecule has 2 aromatic rings. The van der Waals surface area contributed by atoms with E-state index in [1.807, 2.05) is 29.6 Å². The fourth-order valence-electron chi connectivity index (χ4n) is 1.85. The molecule has 0 bridgehead atoms. The van der Waals surface area contributed by atoms with Crippen molar-refractivity contribution in [3.05, 3.63) is 34.7 Å². The molecule has 0 fully saturated rings. The summed E-state index contributed by atoms with van der Waals surface area (Å²) in [6.45, 7) is 1.58. The van der Waals surface area contributed by atoms with Crippen LogP contribution in [-0.2, 0) is 4.79 Å². The number of thiophene rings is 1. The summed E-state index contributed by atoms with van der Waals surface area (Å²) in [4.78, 5) is 14.6. The van der Waals surface area contributed by atoms with Crippen LogP contribution in [0.1, 0.15) is 6.92 Å². The number of hydrogen-bond donors (Lipinski definition) is 0. The number of carbonyl (C=O) groups excluding carboxylic acids is 1. The molecule has 0 radical (unpaired) electrons. The molecule has 86 valence electrons. The van der Waals surface area contributed by atoms with Crippen LogP contribution in [0.3, 0.4) is 0 Å². The van der Waals surface area contributed by atoms with Gasteiger partial charge in [-0.2, -0.15) is 0 Å². The average Bonchev–Trinajstić information content (AvgIpc) is 2.72. The highest BCUT2D eigenvalue weighted by atomic mass is 35.5. The van der Waals surface area contributed by atoms with E-state index in [1.54, 1.807) is 34.9 Å². The molecule has 1 aliphatic rings. The number of halogens is 1. The molecule has 0 spiro atoms. The minimum absolute atomic E-state index is 0.0218. The second-order valence-electron chi connectivity index (χ2n) is 3.66. The Kier molecular flexibility index (Phi) is 2.65. The quantitative estimate of drug-likeness (QED) is 0.706. The van der Waals surface area contributed by atoms with Crippen LogP contribution in [0.5, 0.6) is 0 Å². The highest BCUT2D eigenvalue weighted by Crippen LogP contribution is 2.51. The van der Waals surface area contributed by atoms with Gasteiger partial charge in [0.25, 0.3) is 0 Å². The third kappa shape index (κ3) is 1.76. The molecule has 0 unspecified atom stereocenters. The smallest absolute Gasteiger partial charge is 0.228 e. The van der Waals surface area contributed by atoms with E-state index in [1.165, 1.54) is 0 Å². The summed E-state index contributed by atoms with van der Waals surface area (Å²) in [6.07, 6.45) is 0. The first-order chi connectivity index (χ1) is 8.16. The van der Waals surface area contributed by atoms with Crippen LogP contribution in [0.2, 0.25) is 5.02 Å². The monoisotopic (exact) mass is 281 g/mol. The summed E-state index contributed by atoms with van der Waals surface area (Å²) in [5, 5.41) is 2.70. The minimum Gasteiger partial charge on any atom is -0.278 e. The predicted molar refractivity (Wildman–Crippen MR) is 72.7 cm³/mol. The van der Waals surface area contributed by atoms with E-state index in [4.69, 9.17) is 11.6 Å². The maximum absolute atomic E-state index is 11.8. The topological polar surface area (TPSA) is 20.3 Å². The van der Waals surface area contributed by atoms with Crippen LogP contribution in [0.15, 0.2) is 38.8 Å². The highest BCUT2D eigenvalue weighted by molar-refractivity contribution is 8.01. The fraction of sp³-hybridized carbons (Fsp3) is 0.0833. The Balaban J connectivity index is 2.22. The summed E-state index contributed by atoms with van der Waals surface area (Å²) < 4.78 is 1.13. The Morgan fingerprint density at radius 1 is 1.29 bits per heavy atom. The van der Waals surface area contributed by atoms with E-state index in [9.17, 15) is 4.79 Å². The van der Waals surface area contributed by atoms with Gasteiger partial charge in [-0.15, -0.1) is 11.3 Å². The zero-order chi connectivity index (χ0) is 12.0. The molecule has 17 heavy (non-hydrogen) atoms. The Labute approximate surface area is 112 Å². The van der Waals surface area contributed by atoms with Crippen LogP contribution in [0.25, 0.3) is 0 Å². The molecule has 2 heterocycles. The van der Waals surface area contributed by atoms with Crippen molar-refractivity contribution >= 4 is 52.0 Å². The van der Waals surface area contributed by atoms with Crippen molar-refractivity contribution in [3.63, 3.8) is 0 Å². The van der Waals surface area contributed by atoms with Crippen LogP contribution in [0, 0.1) is 0 Å². The van der Waals surface area contributed by atoms with Gasteiger partial charge >= 0.3 is 0 Å². The fourth-order valence-corrected chi connectivity index (χ4v) is 4.23. The van der Waals surface area contributed by atoms with Gasteiger partial charge in [-0.05, 0) is 29.6 Å². The SMILES string of the molecule is CC(=O)N1c2ccc(Cl)cc2Sc2sccc21. The normalized spacial score (nSPS) is 13.2. The zero-order valence-electron chi connectivity index (χ0n) is 8.94. The molecule has 3 rings (SSSR count). The van der Waals surface area contributed by atoms with Crippen LogP contribution < -0.4 is 4.90 Å². The second kappa shape index (κ2) is 4.05. The maximum atomic E-state index is 11.8. The van der Waals surface area contributed by atoms with E-state index in [2.05, 4.69) is 0 Å². The number of nitrogens with zero attached hydrogens (tertiary/aromatic N) is 1. The van der Waals surface area contributed by atoms with Crippen molar-refractivity contribution in [2.24, 2.45) is 0 Å². The first-order valence-corrected chi connectivity index (χ1v) is 7.10. The lowest BCUT2D eigenvalue weighted by Crippen LogP contribution is -2.24. The molecule has 1 amide bonds. The molecule has 0 N–H and O–H groups in total. The van der Waals surface area contributed by atoms with Gasteiger partial charge in [0.1, 0.15) is 0 Å². The van der Waals surface area contributed by atoms with Crippen molar-refractivity contribution < 1.29 is 4.79 Å². The Morgan fingerprint density at radius 2 is 2.12 bits per heavy atom. The van der Waals surface area contributed by atoms with Crippen LogP contribution in [-0.4, -0.2) is 5.91 Å². The standard InChI is InChI=1S/C12H8ClNOS2/c1-7(15)14-9-3-2-8(13)6-11(9)17-12-10(14)4-5-16-12/h2-6H,1H3. The molecule has 1 aromatic heterocycles. The number of carbonyl (C=O) groups is 1. The molecule has 0 atom stereocenters. The summed E-state index contributed by atoms with van der Waals surface area (Å²) in [6, 6.07) is 7.59. The molecule has 1 aromatic carbocycles. The molecular formula is C12H8ClNOS2. The second-order valence-corrected chi connectivity index (χ2v) is 6.33. The lowest BCUT2D eigenvalue weighted by Gasteiger charge is -2.28. The third-order valence-electron chi connectivity index (χ3n) is 2.53. The van der Waals surface area contributed by atoms with Gasteiger partial charge in [0.05, 0.1) is 15.6 Å². The van der Waals surface area contributed by atoms with Gasteiger partial charge in [0.15, 0.2) is 0 Å². The maximum Gasteiger partial charge on any atom is 0.228 e. The molecule has 0 saturated heterocycles. The predicted octanol–water partition coefficient (Wildman–Crippen LogP) is 4.55. The number of fused-ring (bicyclic) bond motifs is 2. The average molecular weight is 282 g/mol. The number of amides is 1. The Bertz CT molecular complexity index is 608. The molecular weight excluding hydrogens is 274 g/mol. The van der Waals surface area contributed by atoms with Crippen molar-refractivity contribution in [2.45, 2.75) is 16.0 Å². The van der Waals surface area contributed by atoms with Crippen molar-refractivity contribution in [1.82, 2.24) is 0 Å². The molecule has 1 aliphatic heterocycles. The van der Waals surface area contributed by atoms with Gasteiger partial charge < -0.3 is 0 Å². The highest BCUT2D eigenvalue weighted by Gasteiger charge is 2.27. The number of anilines is 2. The van der Waals surface area contributed by atoms with Gasteiger partial charge in [0, 0.05) is 16.8 Å². The number of benzene rings is 1. The first-order valence-electron chi connectivity index (χ1n) is 5.02. The van der Waals surface area contributed by atoms with Gasteiger partial charge in [-0.25, -0.2) is 0 Å². The van der Waals surface area contributed by atoms with Crippen molar-refractivity contribution in [1.29, 1.82) is 0 Å². The summed E-state index contributed by atoms with van der Waals surface area (Å²) in [5.74, 6) is 0.0218. The van der Waals surface area contributed by atoms with Crippen molar-refractivity contribution in [2.75, 3.05) is 4.90 Å². The van der Waals surface area contributed by atoms with E-state index in [-0.39, 0.29) is 5.91 Å². The van der Waals surface area contributed by atoms with Gasteiger partial charge in [0.2, 0.25) is 5.91 Å². The summed E-state index contributed by atoms with van der Waals surface area (Å²) in [5.41, 5.74) is 1.89. The van der Waals surface area contributed by atoms with E-state index < -0.39 is 0 Å². The lowest BCUT2D eigenvalue weighted by molar-refractivity contribution is -0.115. The van der Waals surface area contributed by atoms with E-state index in [0.717, 1.165) is 20.5 Å². The molecule has 2 nitrogen and oxygen atoms in total. The van der Waals surface area contributed by atoms with Gasteiger partial charge in [-0.3, -0.25) is 9.69 Å². The van der Waals surface area contributed by atoms with Crippen LogP contribution >= 0.6 is 34.7 Å². The summed E-state index contributed by atoms with van der Waals surface area (Å²) in [7, 11) is 0. The van der Waals surface area contributed by atoms with Crippen LogP contribution in [0.4, 0.5) is 11.4 Å². The molecule has 0 saturated carbocycles. The van der Waals surface area contributed by atoms with Gasteiger partial charge in [-0.1, -0.05) is 23.4 Å². The Morgan fingerprint density at radius 3 is 2.88 bits per heavy atom. The van der Waals surface area contributed by atoms with E-state index >= 15 is 0 Å². The number of rotatable bonds is 0. The minimum atomic E-state index is 0.0218. The molecule has 0 aliphatic carbocycles. The Hall–Kier alpha value is -0.970.